The summed E-state index contributed by atoms with van der Waals surface area (Å²) in [5, 5.41) is 10.5. The standard InChI is InChI=1S/C13H17F2N2O7PS/c1-6(2)23-25(26)21-5-13(11(14)15)9(24-25)8(19)10(22-13)17-4-3-7(18)16-12(17)20/h3-4,6,8-11,19H,5H2,1-2H3,(H,16,18,20)/t8-,9-,10+,13+,25?/m0/s1. The molecule has 5 atom stereocenters. The number of alkyl halides is 2. The maximum Gasteiger partial charge on any atom is 0.330 e. The van der Waals surface area contributed by atoms with Crippen LogP contribution in [0.25, 0.3) is 0 Å². The Bertz CT molecular complexity index is 846. The highest BCUT2D eigenvalue weighted by Crippen LogP contribution is 2.61. The third-order valence-corrected chi connectivity index (χ3v) is 6.39. The maximum absolute atomic E-state index is 13.8. The summed E-state index contributed by atoms with van der Waals surface area (Å²) in [6.45, 7) is -0.724. The third-order valence-electron chi connectivity index (χ3n) is 3.95. The highest BCUT2D eigenvalue weighted by molar-refractivity contribution is 8.07. The second-order valence-corrected chi connectivity index (χ2v) is 9.09. The van der Waals surface area contributed by atoms with Crippen LogP contribution in [-0.4, -0.2) is 51.6 Å². The lowest BCUT2D eigenvalue weighted by Crippen LogP contribution is -2.56. The molecular formula is C13H17F2N2O7PS. The minimum Gasteiger partial charge on any atom is -0.386 e. The van der Waals surface area contributed by atoms with Crippen LogP contribution in [0.3, 0.4) is 0 Å². The molecule has 1 unspecified atom stereocenters. The van der Waals surface area contributed by atoms with E-state index in [0.717, 1.165) is 16.8 Å². The van der Waals surface area contributed by atoms with Crippen molar-refractivity contribution in [2.24, 2.45) is 0 Å². The molecule has 0 radical (unpaired) electrons. The number of aliphatic hydroxyl groups excluding tert-OH is 1. The number of halogens is 2. The predicted octanol–water partition coefficient (Wildman–Crippen LogP) is 0.495. The van der Waals surface area contributed by atoms with Gasteiger partial charge in [0.1, 0.15) is 12.2 Å². The SMILES string of the molecule is CC(C)OP1(=S)OC[C@@]2(C(F)F)O[C@@H](n3ccc(=O)[nH]c3=O)[C@@H](O)[C@@H]2O1. The number of hydrogen-bond acceptors (Lipinski definition) is 8. The number of fused-ring (bicyclic) bond motifs is 1. The van der Waals surface area contributed by atoms with Crippen molar-refractivity contribution in [3.8, 4) is 0 Å². The molecule has 0 aliphatic carbocycles. The molecule has 0 spiro atoms. The van der Waals surface area contributed by atoms with Crippen LogP contribution in [-0.2, 0) is 30.1 Å². The van der Waals surface area contributed by atoms with Gasteiger partial charge in [0, 0.05) is 12.3 Å². The van der Waals surface area contributed by atoms with Crippen molar-refractivity contribution >= 4 is 18.5 Å². The van der Waals surface area contributed by atoms with Gasteiger partial charge in [-0.3, -0.25) is 18.9 Å². The maximum atomic E-state index is 13.8. The van der Waals surface area contributed by atoms with Crippen molar-refractivity contribution < 1.29 is 32.2 Å². The van der Waals surface area contributed by atoms with Gasteiger partial charge in [-0.15, -0.1) is 0 Å². The lowest BCUT2D eigenvalue weighted by Gasteiger charge is -2.41. The molecule has 2 aliphatic rings. The molecular weight excluding hydrogens is 397 g/mol. The van der Waals surface area contributed by atoms with Crippen LogP contribution in [0, 0.1) is 0 Å². The van der Waals surface area contributed by atoms with Crippen LogP contribution in [0.4, 0.5) is 8.78 Å². The van der Waals surface area contributed by atoms with Crippen molar-refractivity contribution in [2.75, 3.05) is 6.61 Å². The fourth-order valence-corrected chi connectivity index (χ4v) is 5.40. The van der Waals surface area contributed by atoms with Crippen LogP contribution in [0.15, 0.2) is 21.9 Å². The highest BCUT2D eigenvalue weighted by Gasteiger charge is 2.66. The van der Waals surface area contributed by atoms with E-state index in [1.165, 1.54) is 0 Å². The summed E-state index contributed by atoms with van der Waals surface area (Å²) in [6, 6.07) is 0.998. The lowest BCUT2D eigenvalue weighted by atomic mass is 9.96. The van der Waals surface area contributed by atoms with E-state index in [0.29, 0.717) is 0 Å². The first-order chi connectivity index (χ1) is 12.1. The van der Waals surface area contributed by atoms with Crippen LogP contribution in [0.1, 0.15) is 20.1 Å². The Hall–Kier alpha value is -1.01. The molecule has 2 fully saturated rings. The quantitative estimate of drug-likeness (QED) is 0.685. The summed E-state index contributed by atoms with van der Waals surface area (Å²) >= 11 is 5.16. The first-order valence-electron chi connectivity index (χ1n) is 7.65. The second-order valence-electron chi connectivity index (χ2n) is 6.17. The van der Waals surface area contributed by atoms with Gasteiger partial charge in [0.25, 0.3) is 12.0 Å². The highest BCUT2D eigenvalue weighted by atomic mass is 32.5. The average molecular weight is 414 g/mol. The van der Waals surface area contributed by atoms with E-state index in [4.69, 9.17) is 30.1 Å². The zero-order valence-corrected chi connectivity index (χ0v) is 15.4. The van der Waals surface area contributed by atoms with Crippen molar-refractivity contribution in [1.29, 1.82) is 0 Å². The van der Waals surface area contributed by atoms with Crippen LogP contribution >= 0.6 is 6.72 Å². The zero-order chi connectivity index (χ0) is 19.3. The molecule has 0 bridgehead atoms. The summed E-state index contributed by atoms with van der Waals surface area (Å²) in [6.07, 6.45) is -7.24. The summed E-state index contributed by atoms with van der Waals surface area (Å²) in [7, 11) is 0. The number of aliphatic hydroxyl groups is 1. The number of rotatable bonds is 4. The molecule has 2 aliphatic heterocycles. The molecule has 26 heavy (non-hydrogen) atoms. The number of aromatic nitrogens is 2. The van der Waals surface area contributed by atoms with E-state index in [1.807, 2.05) is 4.98 Å². The number of hydrogen-bond donors (Lipinski definition) is 2. The second kappa shape index (κ2) is 6.86. The van der Waals surface area contributed by atoms with Crippen molar-refractivity contribution in [1.82, 2.24) is 9.55 Å². The number of aromatic amines is 1. The number of H-pyrrole nitrogens is 1. The van der Waals surface area contributed by atoms with Gasteiger partial charge in [-0.05, 0) is 25.7 Å². The fraction of sp³-hybridized carbons (Fsp3) is 0.692. The molecule has 3 rings (SSSR count). The molecule has 0 aromatic carbocycles. The van der Waals surface area contributed by atoms with Crippen LogP contribution in [0.5, 0.6) is 0 Å². The van der Waals surface area contributed by atoms with Crippen LogP contribution in [0.2, 0.25) is 0 Å². The smallest absolute Gasteiger partial charge is 0.330 e. The lowest BCUT2D eigenvalue weighted by molar-refractivity contribution is -0.204. The van der Waals surface area contributed by atoms with E-state index in [2.05, 4.69) is 0 Å². The Balaban J connectivity index is 1.99. The van der Waals surface area contributed by atoms with Gasteiger partial charge >= 0.3 is 12.4 Å². The molecule has 146 valence electrons. The molecule has 2 saturated heterocycles. The summed E-state index contributed by atoms with van der Waals surface area (Å²) in [4.78, 5) is 25.1. The van der Waals surface area contributed by atoms with Gasteiger partial charge < -0.3 is 18.9 Å². The molecule has 1 aromatic heterocycles. The minimum absolute atomic E-state index is 0.392. The molecule has 3 heterocycles. The topological polar surface area (TPSA) is 112 Å². The van der Waals surface area contributed by atoms with Gasteiger partial charge in [-0.1, -0.05) is 0 Å². The van der Waals surface area contributed by atoms with Crippen molar-refractivity contribution in [3.05, 3.63) is 33.1 Å². The normalized spacial score (nSPS) is 37.3. The Labute approximate surface area is 151 Å². The Kier molecular flexibility index (Phi) is 5.21. The van der Waals surface area contributed by atoms with E-state index >= 15 is 0 Å². The van der Waals surface area contributed by atoms with Gasteiger partial charge in [-0.25, -0.2) is 13.6 Å². The number of nitrogens with zero attached hydrogens (tertiary/aromatic N) is 1. The molecule has 2 N–H and O–H groups in total. The van der Waals surface area contributed by atoms with E-state index in [1.54, 1.807) is 13.8 Å². The fourth-order valence-electron chi connectivity index (χ4n) is 2.82. The van der Waals surface area contributed by atoms with Crippen LogP contribution < -0.4 is 11.2 Å². The summed E-state index contributed by atoms with van der Waals surface area (Å²) in [5.74, 6) is 0. The van der Waals surface area contributed by atoms with E-state index < -0.39 is 61.1 Å². The third kappa shape index (κ3) is 3.31. The number of nitrogens with one attached hydrogen (secondary N) is 1. The number of ether oxygens (including phenoxy) is 1. The molecule has 9 nitrogen and oxygen atoms in total. The van der Waals surface area contributed by atoms with Gasteiger partial charge in [0.2, 0.25) is 0 Å². The first kappa shape index (κ1) is 19.7. The van der Waals surface area contributed by atoms with Gasteiger partial charge in [-0.2, -0.15) is 0 Å². The summed E-state index contributed by atoms with van der Waals surface area (Å²) in [5.41, 5.74) is -3.94. The Morgan fingerprint density at radius 2 is 2.19 bits per heavy atom. The molecule has 1 aromatic rings. The zero-order valence-electron chi connectivity index (χ0n) is 13.7. The van der Waals surface area contributed by atoms with E-state index in [9.17, 15) is 23.5 Å². The average Bonchev–Trinajstić information content (AvgIpc) is 2.80. The molecule has 13 heteroatoms. The van der Waals surface area contributed by atoms with Crippen molar-refractivity contribution in [3.63, 3.8) is 0 Å². The molecule has 0 saturated carbocycles. The predicted molar refractivity (Wildman–Crippen MR) is 87.5 cm³/mol. The summed E-state index contributed by atoms with van der Waals surface area (Å²) < 4.78 is 49.8. The Morgan fingerprint density at radius 1 is 1.50 bits per heavy atom. The minimum atomic E-state index is -3.38. The van der Waals surface area contributed by atoms with Gasteiger partial charge in [0.05, 0.1) is 12.7 Å². The van der Waals surface area contributed by atoms with Crippen molar-refractivity contribution in [2.45, 2.75) is 50.4 Å². The Morgan fingerprint density at radius 3 is 2.77 bits per heavy atom. The first-order valence-corrected chi connectivity index (χ1v) is 10.2. The molecule has 0 amide bonds. The monoisotopic (exact) mass is 414 g/mol. The van der Waals surface area contributed by atoms with Gasteiger partial charge in [0.15, 0.2) is 11.8 Å². The van der Waals surface area contributed by atoms with E-state index in [-0.39, 0.29) is 0 Å². The largest absolute Gasteiger partial charge is 0.386 e.